The predicted molar refractivity (Wildman–Crippen MR) is 84.4 cm³/mol. The van der Waals surface area contributed by atoms with Crippen LogP contribution in [0.1, 0.15) is 11.1 Å². The molecule has 5 nitrogen and oxygen atoms in total. The molecule has 0 amide bonds. The number of aromatic nitrogens is 3. The average Bonchev–Trinajstić information content (AvgIpc) is 2.82. The van der Waals surface area contributed by atoms with Gasteiger partial charge in [0.2, 0.25) is 11.9 Å². The molecule has 0 unspecified atom stereocenters. The predicted octanol–water partition coefficient (Wildman–Crippen LogP) is 2.96. The number of hydrogen-bond donors (Lipinski definition) is 2. The number of hydrogen-bond acceptors (Lipinski definition) is 4. The summed E-state index contributed by atoms with van der Waals surface area (Å²) in [7, 11) is 0. The zero-order chi connectivity index (χ0) is 14.7. The van der Waals surface area contributed by atoms with Crippen LogP contribution >= 0.6 is 0 Å². The van der Waals surface area contributed by atoms with Gasteiger partial charge in [0.1, 0.15) is 0 Å². The Balaban J connectivity index is 1.80. The molecule has 0 aliphatic rings. The highest BCUT2D eigenvalue weighted by atomic mass is 15.4. The maximum Gasteiger partial charge on any atom is 0.248 e. The minimum absolute atomic E-state index is 0.400. The van der Waals surface area contributed by atoms with Gasteiger partial charge in [0.15, 0.2) is 0 Å². The molecule has 0 aliphatic heterocycles. The smallest absolute Gasteiger partial charge is 0.248 e. The zero-order valence-corrected chi connectivity index (χ0v) is 11.8. The molecule has 3 N–H and O–H groups in total. The third kappa shape index (κ3) is 3.02. The highest BCUT2D eigenvalue weighted by Gasteiger charge is 2.08. The SMILES string of the molecule is Cc1ccccc1Cn1nc(Nc2ccccc2)nc1N. The number of rotatable bonds is 4. The zero-order valence-electron chi connectivity index (χ0n) is 11.8. The van der Waals surface area contributed by atoms with E-state index in [1.165, 1.54) is 11.1 Å². The lowest BCUT2D eigenvalue weighted by Gasteiger charge is -2.06. The molecule has 106 valence electrons. The highest BCUT2D eigenvalue weighted by molar-refractivity contribution is 5.53. The molecule has 0 atom stereocenters. The normalized spacial score (nSPS) is 10.5. The molecule has 0 saturated heterocycles. The van der Waals surface area contributed by atoms with E-state index in [1.807, 2.05) is 42.5 Å². The van der Waals surface area contributed by atoms with Crippen LogP contribution in [0.3, 0.4) is 0 Å². The number of nitrogens with two attached hydrogens (primary N) is 1. The van der Waals surface area contributed by atoms with Gasteiger partial charge in [-0.15, -0.1) is 5.10 Å². The Bertz CT molecular complexity index is 733. The fraction of sp³-hybridized carbons (Fsp3) is 0.125. The van der Waals surface area contributed by atoms with Gasteiger partial charge in [-0.05, 0) is 30.2 Å². The molecule has 1 aromatic heterocycles. The topological polar surface area (TPSA) is 68.8 Å². The molecule has 1 heterocycles. The standard InChI is InChI=1S/C16H17N5/c1-12-7-5-6-8-13(12)11-21-15(17)19-16(20-21)18-14-9-3-2-4-10-14/h2-10H,11H2,1H3,(H3,17,18,19,20). The molecular formula is C16H17N5. The Labute approximate surface area is 123 Å². The second-order valence-electron chi connectivity index (χ2n) is 4.87. The molecule has 0 saturated carbocycles. The lowest BCUT2D eigenvalue weighted by atomic mass is 10.1. The second-order valence-corrected chi connectivity index (χ2v) is 4.87. The maximum absolute atomic E-state index is 5.94. The van der Waals surface area contributed by atoms with Crippen molar-refractivity contribution in [3.8, 4) is 0 Å². The number of nitrogen functional groups attached to an aromatic ring is 1. The number of nitrogens with one attached hydrogen (secondary N) is 1. The number of anilines is 3. The van der Waals surface area contributed by atoms with Gasteiger partial charge >= 0.3 is 0 Å². The van der Waals surface area contributed by atoms with E-state index in [2.05, 4.69) is 34.5 Å². The van der Waals surface area contributed by atoms with E-state index in [0.717, 1.165) is 5.69 Å². The van der Waals surface area contributed by atoms with Gasteiger partial charge in [-0.1, -0.05) is 42.5 Å². The second kappa shape index (κ2) is 5.66. The third-order valence-electron chi connectivity index (χ3n) is 3.31. The summed E-state index contributed by atoms with van der Waals surface area (Å²) in [6.45, 7) is 2.69. The summed E-state index contributed by atoms with van der Waals surface area (Å²) < 4.78 is 1.70. The van der Waals surface area contributed by atoms with Gasteiger partial charge in [0.25, 0.3) is 0 Å². The maximum atomic E-state index is 5.94. The van der Waals surface area contributed by atoms with Crippen molar-refractivity contribution in [2.45, 2.75) is 13.5 Å². The van der Waals surface area contributed by atoms with E-state index in [-0.39, 0.29) is 0 Å². The largest absolute Gasteiger partial charge is 0.368 e. The quantitative estimate of drug-likeness (QED) is 0.770. The van der Waals surface area contributed by atoms with E-state index in [1.54, 1.807) is 4.68 Å². The van der Waals surface area contributed by atoms with Gasteiger partial charge in [-0.25, -0.2) is 4.68 Å². The van der Waals surface area contributed by atoms with E-state index >= 15 is 0 Å². The summed E-state index contributed by atoms with van der Waals surface area (Å²) in [6.07, 6.45) is 0. The van der Waals surface area contributed by atoms with Crippen molar-refractivity contribution in [3.63, 3.8) is 0 Å². The number of nitrogens with zero attached hydrogens (tertiary/aromatic N) is 3. The summed E-state index contributed by atoms with van der Waals surface area (Å²) in [5.41, 5.74) is 9.27. The summed E-state index contributed by atoms with van der Waals surface area (Å²) in [4.78, 5) is 4.25. The minimum Gasteiger partial charge on any atom is -0.368 e. The number of aryl methyl sites for hydroxylation is 1. The Morgan fingerprint density at radius 2 is 1.76 bits per heavy atom. The van der Waals surface area contributed by atoms with E-state index in [0.29, 0.717) is 18.4 Å². The summed E-state index contributed by atoms with van der Waals surface area (Å²) in [6, 6.07) is 18.0. The Kier molecular flexibility index (Phi) is 3.55. The number of benzene rings is 2. The highest BCUT2D eigenvalue weighted by Crippen LogP contribution is 2.16. The van der Waals surface area contributed by atoms with Crippen LogP contribution in [-0.2, 0) is 6.54 Å². The molecule has 3 rings (SSSR count). The Hall–Kier alpha value is -2.82. The lowest BCUT2D eigenvalue weighted by Crippen LogP contribution is -2.07. The molecule has 0 bridgehead atoms. The van der Waals surface area contributed by atoms with Crippen molar-refractivity contribution >= 4 is 17.6 Å². The molecule has 3 aromatic rings. The summed E-state index contributed by atoms with van der Waals surface area (Å²) in [5, 5.41) is 7.55. The Morgan fingerprint density at radius 3 is 2.52 bits per heavy atom. The monoisotopic (exact) mass is 279 g/mol. The first kappa shape index (κ1) is 13.2. The van der Waals surface area contributed by atoms with Crippen molar-refractivity contribution in [2.24, 2.45) is 0 Å². The van der Waals surface area contributed by atoms with E-state index in [9.17, 15) is 0 Å². The van der Waals surface area contributed by atoms with Crippen LogP contribution in [0.2, 0.25) is 0 Å². The molecule has 5 heteroatoms. The van der Waals surface area contributed by atoms with Crippen molar-refractivity contribution in [2.75, 3.05) is 11.1 Å². The molecule has 2 aromatic carbocycles. The minimum atomic E-state index is 0.400. The molecule has 0 fully saturated rings. The van der Waals surface area contributed by atoms with Crippen LogP contribution in [0, 0.1) is 6.92 Å². The van der Waals surface area contributed by atoms with Crippen molar-refractivity contribution in [3.05, 3.63) is 65.7 Å². The first-order valence-corrected chi connectivity index (χ1v) is 6.79. The first-order valence-electron chi connectivity index (χ1n) is 6.79. The Morgan fingerprint density at radius 1 is 1.05 bits per heavy atom. The van der Waals surface area contributed by atoms with Crippen LogP contribution in [0.15, 0.2) is 54.6 Å². The van der Waals surface area contributed by atoms with Crippen LogP contribution in [0.25, 0.3) is 0 Å². The molecule has 0 aliphatic carbocycles. The average molecular weight is 279 g/mol. The summed E-state index contributed by atoms with van der Waals surface area (Å²) in [5.74, 6) is 0.906. The van der Waals surface area contributed by atoms with E-state index < -0.39 is 0 Å². The molecule has 0 radical (unpaired) electrons. The molecular weight excluding hydrogens is 262 g/mol. The first-order chi connectivity index (χ1) is 10.2. The van der Waals surface area contributed by atoms with Crippen LogP contribution < -0.4 is 11.1 Å². The van der Waals surface area contributed by atoms with Gasteiger partial charge in [0.05, 0.1) is 6.54 Å². The van der Waals surface area contributed by atoms with Crippen molar-refractivity contribution < 1.29 is 0 Å². The van der Waals surface area contributed by atoms with Crippen molar-refractivity contribution in [1.29, 1.82) is 0 Å². The molecule has 21 heavy (non-hydrogen) atoms. The van der Waals surface area contributed by atoms with Crippen LogP contribution in [0.5, 0.6) is 0 Å². The number of para-hydroxylation sites is 1. The lowest BCUT2D eigenvalue weighted by molar-refractivity contribution is 0.695. The fourth-order valence-corrected chi connectivity index (χ4v) is 2.12. The third-order valence-corrected chi connectivity index (χ3v) is 3.31. The van der Waals surface area contributed by atoms with Gasteiger partial charge in [-0.2, -0.15) is 4.98 Å². The van der Waals surface area contributed by atoms with Gasteiger partial charge < -0.3 is 11.1 Å². The van der Waals surface area contributed by atoms with Gasteiger partial charge in [-0.3, -0.25) is 0 Å². The van der Waals surface area contributed by atoms with Crippen LogP contribution in [0.4, 0.5) is 17.6 Å². The van der Waals surface area contributed by atoms with Crippen LogP contribution in [-0.4, -0.2) is 14.8 Å². The van der Waals surface area contributed by atoms with E-state index in [4.69, 9.17) is 5.73 Å². The van der Waals surface area contributed by atoms with Crippen molar-refractivity contribution in [1.82, 2.24) is 14.8 Å². The summed E-state index contributed by atoms with van der Waals surface area (Å²) >= 11 is 0. The molecule has 0 spiro atoms. The fourth-order valence-electron chi connectivity index (χ4n) is 2.12. The van der Waals surface area contributed by atoms with Gasteiger partial charge in [0, 0.05) is 5.69 Å².